The van der Waals surface area contributed by atoms with Crippen LogP contribution in [0.3, 0.4) is 0 Å². The Morgan fingerprint density at radius 3 is 2.95 bits per heavy atom. The second kappa shape index (κ2) is 4.85. The molecule has 0 fully saturated rings. The first-order valence-corrected chi connectivity index (χ1v) is 6.34. The molecule has 0 bridgehead atoms. The average molecular weight is 274 g/mol. The highest BCUT2D eigenvalue weighted by molar-refractivity contribution is 6.30. The minimum absolute atomic E-state index is 0.675. The van der Waals surface area contributed by atoms with Gasteiger partial charge in [0, 0.05) is 17.3 Å². The summed E-state index contributed by atoms with van der Waals surface area (Å²) >= 11 is 5.96. The number of nitrogens with one attached hydrogen (secondary N) is 1. The van der Waals surface area contributed by atoms with Crippen LogP contribution in [0.5, 0.6) is 0 Å². The number of anilines is 2. The van der Waals surface area contributed by atoms with Gasteiger partial charge < -0.3 is 9.88 Å². The Hall–Kier alpha value is -2.14. The Morgan fingerprint density at radius 2 is 2.16 bits per heavy atom. The Kier molecular flexibility index (Phi) is 3.05. The summed E-state index contributed by atoms with van der Waals surface area (Å²) in [5.41, 5.74) is 2.45. The largest absolute Gasteiger partial charge is 0.338 e. The van der Waals surface area contributed by atoms with Crippen molar-refractivity contribution in [2.24, 2.45) is 0 Å². The molecule has 0 atom stereocenters. The quantitative estimate of drug-likeness (QED) is 0.796. The van der Waals surface area contributed by atoms with E-state index in [2.05, 4.69) is 20.3 Å². The van der Waals surface area contributed by atoms with Gasteiger partial charge in [0.05, 0.1) is 6.33 Å². The molecule has 0 unspecified atom stereocenters. The molecule has 5 nitrogen and oxygen atoms in total. The molecule has 0 radical (unpaired) electrons. The van der Waals surface area contributed by atoms with E-state index >= 15 is 0 Å². The molecule has 6 heteroatoms. The highest BCUT2D eigenvalue weighted by Crippen LogP contribution is 2.23. The van der Waals surface area contributed by atoms with E-state index < -0.39 is 0 Å². The molecule has 3 aromatic rings. The minimum atomic E-state index is 0.675. The van der Waals surface area contributed by atoms with Crippen LogP contribution in [0.15, 0.2) is 36.9 Å². The molecule has 2 heterocycles. The number of aryl methyl sites for hydroxylation is 1. The molecule has 3 rings (SSSR count). The maximum Gasteiger partial charge on any atom is 0.165 e. The van der Waals surface area contributed by atoms with Crippen molar-refractivity contribution < 1.29 is 0 Å². The second-order valence-electron chi connectivity index (χ2n) is 4.06. The van der Waals surface area contributed by atoms with Gasteiger partial charge in [-0.2, -0.15) is 0 Å². The molecule has 0 saturated carbocycles. The molecule has 0 spiro atoms. The fourth-order valence-corrected chi connectivity index (χ4v) is 2.10. The molecule has 0 amide bonds. The third kappa shape index (κ3) is 2.24. The third-order valence-corrected chi connectivity index (χ3v) is 3.06. The number of halogens is 1. The fraction of sp³-hybridized carbons (Fsp3) is 0.154. The summed E-state index contributed by atoms with van der Waals surface area (Å²) in [4.78, 5) is 12.8. The van der Waals surface area contributed by atoms with E-state index in [0.717, 1.165) is 23.4 Å². The molecule has 19 heavy (non-hydrogen) atoms. The minimum Gasteiger partial charge on any atom is -0.338 e. The highest BCUT2D eigenvalue weighted by Gasteiger charge is 2.09. The number of hydrogen-bond acceptors (Lipinski definition) is 4. The standard InChI is InChI=1S/C13H12ClN5/c1-2-19-8-17-11-12(15-7-16-13(11)19)18-10-5-3-4-9(14)6-10/h3-8H,2H2,1H3,(H,15,16,18). The van der Waals surface area contributed by atoms with E-state index in [1.807, 2.05) is 35.8 Å². The summed E-state index contributed by atoms with van der Waals surface area (Å²) in [5.74, 6) is 0.680. The van der Waals surface area contributed by atoms with Crippen LogP contribution < -0.4 is 5.32 Å². The van der Waals surface area contributed by atoms with Crippen LogP contribution in [-0.4, -0.2) is 19.5 Å². The normalized spacial score (nSPS) is 10.8. The van der Waals surface area contributed by atoms with Crippen LogP contribution in [-0.2, 0) is 6.54 Å². The molecule has 1 aromatic carbocycles. The summed E-state index contributed by atoms with van der Waals surface area (Å²) in [6, 6.07) is 7.48. The number of imidazole rings is 1. The lowest BCUT2D eigenvalue weighted by atomic mass is 10.3. The maximum atomic E-state index is 5.96. The molecular weight excluding hydrogens is 262 g/mol. The van der Waals surface area contributed by atoms with Crippen LogP contribution in [0.25, 0.3) is 11.2 Å². The van der Waals surface area contributed by atoms with E-state index in [9.17, 15) is 0 Å². The van der Waals surface area contributed by atoms with Crippen molar-refractivity contribution in [2.45, 2.75) is 13.5 Å². The van der Waals surface area contributed by atoms with Gasteiger partial charge in [-0.25, -0.2) is 15.0 Å². The van der Waals surface area contributed by atoms with Crippen molar-refractivity contribution in [2.75, 3.05) is 5.32 Å². The fourth-order valence-electron chi connectivity index (χ4n) is 1.91. The lowest BCUT2D eigenvalue weighted by molar-refractivity contribution is 0.777. The van der Waals surface area contributed by atoms with Crippen molar-refractivity contribution in [3.8, 4) is 0 Å². The van der Waals surface area contributed by atoms with Crippen molar-refractivity contribution >= 4 is 34.3 Å². The van der Waals surface area contributed by atoms with Crippen LogP contribution in [0.1, 0.15) is 6.92 Å². The Labute approximate surface area is 115 Å². The first-order valence-electron chi connectivity index (χ1n) is 5.96. The molecule has 0 aliphatic carbocycles. The van der Waals surface area contributed by atoms with E-state index in [4.69, 9.17) is 11.6 Å². The zero-order chi connectivity index (χ0) is 13.2. The zero-order valence-electron chi connectivity index (χ0n) is 10.3. The SMILES string of the molecule is CCn1cnc2c(Nc3cccc(Cl)c3)ncnc21. The molecule has 0 aliphatic rings. The number of fused-ring (bicyclic) bond motifs is 1. The van der Waals surface area contributed by atoms with Gasteiger partial charge in [0.1, 0.15) is 6.33 Å². The van der Waals surface area contributed by atoms with E-state index in [1.165, 1.54) is 6.33 Å². The van der Waals surface area contributed by atoms with Gasteiger partial charge in [-0.15, -0.1) is 0 Å². The third-order valence-electron chi connectivity index (χ3n) is 2.83. The van der Waals surface area contributed by atoms with Gasteiger partial charge in [0.2, 0.25) is 0 Å². The monoisotopic (exact) mass is 273 g/mol. The Morgan fingerprint density at radius 1 is 1.26 bits per heavy atom. The van der Waals surface area contributed by atoms with Gasteiger partial charge in [-0.3, -0.25) is 0 Å². The van der Waals surface area contributed by atoms with Gasteiger partial charge in [-0.05, 0) is 25.1 Å². The lowest BCUT2D eigenvalue weighted by Gasteiger charge is -2.06. The zero-order valence-corrected chi connectivity index (χ0v) is 11.1. The highest BCUT2D eigenvalue weighted by atomic mass is 35.5. The van der Waals surface area contributed by atoms with Gasteiger partial charge >= 0.3 is 0 Å². The number of nitrogens with zero attached hydrogens (tertiary/aromatic N) is 4. The molecule has 96 valence electrons. The van der Waals surface area contributed by atoms with E-state index in [1.54, 1.807) is 6.33 Å². The molecule has 0 saturated heterocycles. The number of aromatic nitrogens is 4. The second-order valence-corrected chi connectivity index (χ2v) is 4.50. The number of benzene rings is 1. The van der Waals surface area contributed by atoms with Crippen LogP contribution in [0.4, 0.5) is 11.5 Å². The van der Waals surface area contributed by atoms with Crippen LogP contribution in [0.2, 0.25) is 5.02 Å². The van der Waals surface area contributed by atoms with E-state index in [0.29, 0.717) is 10.8 Å². The smallest absolute Gasteiger partial charge is 0.165 e. The van der Waals surface area contributed by atoms with Crippen molar-refractivity contribution in [3.05, 3.63) is 41.9 Å². The van der Waals surface area contributed by atoms with E-state index in [-0.39, 0.29) is 0 Å². The first-order chi connectivity index (χ1) is 9.28. The molecular formula is C13H12ClN5. The summed E-state index contributed by atoms with van der Waals surface area (Å²) in [5, 5.41) is 3.89. The predicted octanol–water partition coefficient (Wildman–Crippen LogP) is 3.24. The maximum absolute atomic E-state index is 5.96. The van der Waals surface area contributed by atoms with Crippen LogP contribution >= 0.6 is 11.6 Å². The van der Waals surface area contributed by atoms with Crippen molar-refractivity contribution in [3.63, 3.8) is 0 Å². The molecule has 1 N–H and O–H groups in total. The van der Waals surface area contributed by atoms with Gasteiger partial charge in [0.15, 0.2) is 17.0 Å². The summed E-state index contributed by atoms with van der Waals surface area (Å²) in [7, 11) is 0. The van der Waals surface area contributed by atoms with Crippen molar-refractivity contribution in [1.82, 2.24) is 19.5 Å². The molecule has 2 aromatic heterocycles. The predicted molar refractivity (Wildman–Crippen MR) is 75.7 cm³/mol. The van der Waals surface area contributed by atoms with Crippen LogP contribution in [0, 0.1) is 0 Å². The number of hydrogen-bond donors (Lipinski definition) is 1. The van der Waals surface area contributed by atoms with Gasteiger partial charge in [0.25, 0.3) is 0 Å². The van der Waals surface area contributed by atoms with Gasteiger partial charge in [-0.1, -0.05) is 17.7 Å². The Bertz CT molecular complexity index is 722. The number of rotatable bonds is 3. The molecule has 0 aliphatic heterocycles. The lowest BCUT2D eigenvalue weighted by Crippen LogP contribution is -1.98. The summed E-state index contributed by atoms with van der Waals surface area (Å²) in [6.45, 7) is 2.87. The van der Waals surface area contributed by atoms with Crippen molar-refractivity contribution in [1.29, 1.82) is 0 Å². The Balaban J connectivity index is 2.03. The summed E-state index contributed by atoms with van der Waals surface area (Å²) < 4.78 is 1.97. The summed E-state index contributed by atoms with van der Waals surface area (Å²) in [6.07, 6.45) is 3.30. The average Bonchev–Trinajstić information content (AvgIpc) is 2.83. The topological polar surface area (TPSA) is 55.6 Å². The first kappa shape index (κ1) is 11.9.